The number of aromatic nitrogens is 1. The van der Waals surface area contributed by atoms with Crippen LogP contribution >= 0.6 is 22.9 Å². The summed E-state index contributed by atoms with van der Waals surface area (Å²) in [6.07, 6.45) is 3.91. The third-order valence-corrected chi connectivity index (χ3v) is 4.99. The van der Waals surface area contributed by atoms with Gasteiger partial charge in [0.15, 0.2) is 0 Å². The predicted octanol–water partition coefficient (Wildman–Crippen LogP) is 4.40. The third kappa shape index (κ3) is 4.53. The van der Waals surface area contributed by atoms with Crippen LogP contribution in [-0.4, -0.2) is 16.4 Å². The zero-order valence-corrected chi connectivity index (χ0v) is 15.7. The molecule has 0 aliphatic carbocycles. The Bertz CT molecular complexity index is 892. The van der Waals surface area contributed by atoms with E-state index in [9.17, 15) is 9.59 Å². The lowest BCUT2D eigenvalue weighted by Crippen LogP contribution is -2.29. The number of benzene rings is 1. The zero-order valence-electron chi connectivity index (χ0n) is 14.1. The maximum absolute atomic E-state index is 12.6. The number of hydrogen-bond acceptors (Lipinski definition) is 3. The second-order valence-corrected chi connectivity index (χ2v) is 7.19. The molecule has 0 fully saturated rings. The molecule has 2 aromatic heterocycles. The second-order valence-electron chi connectivity index (χ2n) is 5.77. The highest BCUT2D eigenvalue weighted by molar-refractivity contribution is 7.10. The van der Waals surface area contributed by atoms with Crippen molar-refractivity contribution < 1.29 is 9.59 Å². The fraction of sp³-hybridized carbons (Fsp3) is 0.158. The number of nitrogens with one attached hydrogen (secondary N) is 2. The summed E-state index contributed by atoms with van der Waals surface area (Å²) in [7, 11) is 0. The normalized spacial score (nSPS) is 11.8. The minimum atomic E-state index is -0.352. The van der Waals surface area contributed by atoms with E-state index in [1.807, 2.05) is 46.6 Å². The molecule has 0 radical (unpaired) electrons. The molecule has 1 unspecified atom stereocenters. The molecular formula is C19H18ClN3O2S. The van der Waals surface area contributed by atoms with Crippen molar-refractivity contribution in [2.45, 2.75) is 19.4 Å². The van der Waals surface area contributed by atoms with Crippen molar-refractivity contribution in [2.75, 3.05) is 5.32 Å². The molecule has 0 aliphatic heterocycles. The largest absolute Gasteiger partial charge is 0.348 e. The van der Waals surface area contributed by atoms with Crippen molar-refractivity contribution in [1.29, 1.82) is 0 Å². The lowest BCUT2D eigenvalue weighted by molar-refractivity contribution is -0.120. The predicted molar refractivity (Wildman–Crippen MR) is 105 cm³/mol. The molecule has 3 aromatic rings. The van der Waals surface area contributed by atoms with Gasteiger partial charge in [-0.05, 0) is 41.8 Å². The number of anilines is 1. The first kappa shape index (κ1) is 18.2. The molecule has 2 N–H and O–H groups in total. The van der Waals surface area contributed by atoms with Gasteiger partial charge >= 0.3 is 0 Å². The van der Waals surface area contributed by atoms with Gasteiger partial charge in [-0.15, -0.1) is 11.3 Å². The number of nitrogens with zero attached hydrogens (tertiary/aromatic N) is 1. The van der Waals surface area contributed by atoms with Crippen molar-refractivity contribution in [1.82, 2.24) is 9.88 Å². The second kappa shape index (κ2) is 8.21. The summed E-state index contributed by atoms with van der Waals surface area (Å²) in [6.45, 7) is 1.45. The molecule has 1 atom stereocenters. The molecule has 134 valence electrons. The van der Waals surface area contributed by atoms with Gasteiger partial charge in [-0.1, -0.05) is 17.7 Å². The molecule has 3 rings (SSSR count). The Morgan fingerprint density at radius 2 is 1.96 bits per heavy atom. The van der Waals surface area contributed by atoms with Gasteiger partial charge in [0.1, 0.15) is 0 Å². The molecule has 0 aliphatic rings. The average molecular weight is 388 g/mol. The Labute approximate surface area is 160 Å². The van der Waals surface area contributed by atoms with Crippen LogP contribution in [0.1, 0.15) is 24.3 Å². The van der Waals surface area contributed by atoms with Crippen molar-refractivity contribution in [3.63, 3.8) is 0 Å². The van der Waals surface area contributed by atoms with Gasteiger partial charge in [0.25, 0.3) is 0 Å². The highest BCUT2D eigenvalue weighted by Crippen LogP contribution is 2.27. The summed E-state index contributed by atoms with van der Waals surface area (Å²) in [5.41, 5.74) is 1.44. The fourth-order valence-corrected chi connectivity index (χ4v) is 3.61. The van der Waals surface area contributed by atoms with Crippen LogP contribution < -0.4 is 10.6 Å². The van der Waals surface area contributed by atoms with Crippen LogP contribution in [0, 0.1) is 0 Å². The maximum Gasteiger partial charge on any atom is 0.226 e. The van der Waals surface area contributed by atoms with Gasteiger partial charge < -0.3 is 15.2 Å². The monoisotopic (exact) mass is 387 g/mol. The highest BCUT2D eigenvalue weighted by Gasteiger charge is 2.19. The van der Waals surface area contributed by atoms with E-state index in [0.717, 1.165) is 10.6 Å². The smallest absolute Gasteiger partial charge is 0.226 e. The van der Waals surface area contributed by atoms with E-state index in [2.05, 4.69) is 10.6 Å². The van der Waals surface area contributed by atoms with E-state index in [1.165, 1.54) is 18.3 Å². The van der Waals surface area contributed by atoms with Crippen LogP contribution in [0.15, 0.2) is 60.2 Å². The summed E-state index contributed by atoms with van der Waals surface area (Å²) in [5, 5.41) is 8.27. The van der Waals surface area contributed by atoms with Crippen LogP contribution in [-0.2, 0) is 9.59 Å². The van der Waals surface area contributed by atoms with Gasteiger partial charge in [0, 0.05) is 29.2 Å². The van der Waals surface area contributed by atoms with Crippen LogP contribution in [0.3, 0.4) is 0 Å². The summed E-state index contributed by atoms with van der Waals surface area (Å²) in [5.74, 6) is -0.358. The summed E-state index contributed by atoms with van der Waals surface area (Å²) in [4.78, 5) is 25.0. The Morgan fingerprint density at radius 3 is 2.62 bits per heavy atom. The van der Waals surface area contributed by atoms with E-state index in [0.29, 0.717) is 10.7 Å². The minimum absolute atomic E-state index is 0.147. The van der Waals surface area contributed by atoms with E-state index in [4.69, 9.17) is 11.6 Å². The summed E-state index contributed by atoms with van der Waals surface area (Å²) >= 11 is 7.62. The molecular weight excluding hydrogens is 370 g/mol. The summed E-state index contributed by atoms with van der Waals surface area (Å²) < 4.78 is 1.88. The number of carbonyl (C=O) groups is 2. The van der Waals surface area contributed by atoms with E-state index >= 15 is 0 Å². The standard InChI is InChI=1S/C19H18ClN3O2S/c1-13(24)21-16(18-5-4-10-26-18)12-19(25)22-15-7-6-14(20)11-17(15)23-8-2-3-9-23/h2-11,16H,12H2,1H3,(H,21,24)(H,22,25). The van der Waals surface area contributed by atoms with Gasteiger partial charge in [0.2, 0.25) is 11.8 Å². The summed E-state index contributed by atoms with van der Waals surface area (Å²) in [6, 6.07) is 12.5. The molecule has 5 nitrogen and oxygen atoms in total. The van der Waals surface area contributed by atoms with E-state index in [-0.39, 0.29) is 24.3 Å². The van der Waals surface area contributed by atoms with Crippen molar-refractivity contribution >= 4 is 40.4 Å². The molecule has 2 amide bonds. The highest BCUT2D eigenvalue weighted by atomic mass is 35.5. The number of halogens is 1. The van der Waals surface area contributed by atoms with Gasteiger partial charge in [-0.2, -0.15) is 0 Å². The van der Waals surface area contributed by atoms with E-state index in [1.54, 1.807) is 18.2 Å². The van der Waals surface area contributed by atoms with Crippen LogP contribution in [0.5, 0.6) is 0 Å². The zero-order chi connectivity index (χ0) is 18.5. The first-order chi connectivity index (χ1) is 12.5. The van der Waals surface area contributed by atoms with Crippen molar-refractivity contribution in [3.8, 4) is 5.69 Å². The SMILES string of the molecule is CC(=O)NC(CC(=O)Nc1ccc(Cl)cc1-n1cccc1)c1cccs1. The molecule has 1 aromatic carbocycles. The molecule has 0 bridgehead atoms. The van der Waals surface area contributed by atoms with Crippen LogP contribution in [0.25, 0.3) is 5.69 Å². The van der Waals surface area contributed by atoms with E-state index < -0.39 is 0 Å². The lowest BCUT2D eigenvalue weighted by Gasteiger charge is -2.17. The van der Waals surface area contributed by atoms with Gasteiger partial charge in [-0.3, -0.25) is 9.59 Å². The average Bonchev–Trinajstić information content (AvgIpc) is 3.29. The number of amides is 2. The first-order valence-electron chi connectivity index (χ1n) is 8.06. The van der Waals surface area contributed by atoms with Crippen molar-refractivity contribution in [3.05, 3.63) is 70.1 Å². The quantitative estimate of drug-likeness (QED) is 0.658. The molecule has 0 spiro atoms. The van der Waals surface area contributed by atoms with Gasteiger partial charge in [0.05, 0.1) is 23.8 Å². The molecule has 2 heterocycles. The number of carbonyl (C=O) groups excluding carboxylic acids is 2. The van der Waals surface area contributed by atoms with Crippen LogP contribution in [0.4, 0.5) is 5.69 Å². The number of hydrogen-bond donors (Lipinski definition) is 2. The van der Waals surface area contributed by atoms with Gasteiger partial charge in [-0.25, -0.2) is 0 Å². The molecule has 26 heavy (non-hydrogen) atoms. The van der Waals surface area contributed by atoms with Crippen LogP contribution in [0.2, 0.25) is 5.02 Å². The Morgan fingerprint density at radius 1 is 1.19 bits per heavy atom. The fourth-order valence-electron chi connectivity index (χ4n) is 2.66. The number of rotatable bonds is 6. The lowest BCUT2D eigenvalue weighted by atomic mass is 10.1. The number of thiophene rings is 1. The molecule has 0 saturated carbocycles. The Hall–Kier alpha value is -2.57. The first-order valence-corrected chi connectivity index (χ1v) is 9.32. The minimum Gasteiger partial charge on any atom is -0.348 e. The maximum atomic E-state index is 12.6. The Balaban J connectivity index is 1.78. The Kier molecular flexibility index (Phi) is 5.75. The third-order valence-electron chi connectivity index (χ3n) is 3.77. The molecule has 0 saturated heterocycles. The topological polar surface area (TPSA) is 63.1 Å². The van der Waals surface area contributed by atoms with Crippen molar-refractivity contribution in [2.24, 2.45) is 0 Å². The molecule has 7 heteroatoms.